The molecule has 0 bridgehead atoms. The molecule has 0 unspecified atom stereocenters. The van der Waals surface area contributed by atoms with E-state index in [-0.39, 0.29) is 12.4 Å². The molecule has 1 N–H and O–H groups in total. The molecule has 0 atom stereocenters. The Kier molecular flexibility index (Phi) is 4.34. The minimum absolute atomic E-state index is 0.00132. The van der Waals surface area contributed by atoms with Crippen molar-refractivity contribution in [3.8, 4) is 0 Å². The Bertz CT molecular complexity index is 433. The number of carbonyl (C=O) groups excluding carboxylic acids is 1. The normalized spacial score (nSPS) is 17.4. The van der Waals surface area contributed by atoms with E-state index in [1.807, 2.05) is 13.8 Å². The van der Waals surface area contributed by atoms with Gasteiger partial charge in [-0.15, -0.1) is 0 Å². The minimum atomic E-state index is -0.523. The molecule has 0 aliphatic carbocycles. The highest BCUT2D eigenvalue weighted by atomic mass is 16.5. The summed E-state index contributed by atoms with van der Waals surface area (Å²) in [5.41, 5.74) is 0.985. The van der Waals surface area contributed by atoms with Gasteiger partial charge in [0, 0.05) is 18.7 Å². The van der Waals surface area contributed by atoms with Gasteiger partial charge in [-0.1, -0.05) is 24.3 Å². The Morgan fingerprint density at radius 2 is 1.84 bits per heavy atom. The van der Waals surface area contributed by atoms with Crippen LogP contribution in [0.5, 0.6) is 0 Å². The predicted octanol–water partition coefficient (Wildman–Crippen LogP) is 1.47. The molecule has 0 saturated carbocycles. The summed E-state index contributed by atoms with van der Waals surface area (Å²) in [5, 5.41) is 9.02. The number of ketones is 1. The third kappa shape index (κ3) is 3.03. The minimum Gasteiger partial charge on any atom is -0.392 e. The van der Waals surface area contributed by atoms with Crippen molar-refractivity contribution in [2.45, 2.75) is 26.0 Å². The molecule has 1 saturated heterocycles. The number of morpholine rings is 1. The van der Waals surface area contributed by atoms with Crippen molar-refractivity contribution in [3.05, 3.63) is 35.4 Å². The summed E-state index contributed by atoms with van der Waals surface area (Å²) in [7, 11) is 0. The summed E-state index contributed by atoms with van der Waals surface area (Å²) in [4.78, 5) is 14.8. The Morgan fingerprint density at radius 1 is 1.26 bits per heavy atom. The number of ether oxygens (including phenoxy) is 1. The van der Waals surface area contributed by atoms with Gasteiger partial charge in [-0.3, -0.25) is 9.69 Å². The molecular formula is C15H21NO3. The molecule has 1 aromatic rings. The number of rotatable bonds is 4. The maximum atomic E-state index is 12.6. The number of aliphatic hydroxyl groups is 1. The molecule has 2 rings (SSSR count). The number of Topliss-reactive ketones (excluding diaryl/α,β-unsaturated/α-hetero) is 1. The van der Waals surface area contributed by atoms with Crippen molar-refractivity contribution in [3.63, 3.8) is 0 Å². The van der Waals surface area contributed by atoms with E-state index >= 15 is 0 Å². The number of hydrogen-bond donors (Lipinski definition) is 1. The van der Waals surface area contributed by atoms with Crippen molar-refractivity contribution < 1.29 is 14.6 Å². The van der Waals surface area contributed by atoms with Crippen LogP contribution in [0.15, 0.2) is 24.3 Å². The smallest absolute Gasteiger partial charge is 0.182 e. The van der Waals surface area contributed by atoms with E-state index < -0.39 is 5.54 Å². The summed E-state index contributed by atoms with van der Waals surface area (Å²) < 4.78 is 5.33. The van der Waals surface area contributed by atoms with Crippen LogP contribution in [0.2, 0.25) is 0 Å². The van der Waals surface area contributed by atoms with Crippen molar-refractivity contribution in [1.82, 2.24) is 4.90 Å². The second-order valence-corrected chi connectivity index (χ2v) is 5.34. The number of benzene rings is 1. The SMILES string of the molecule is CC(C)(C(=O)c1ccc(CO)cc1)N1CCOCC1. The Labute approximate surface area is 114 Å². The number of aliphatic hydroxyl groups excluding tert-OH is 1. The predicted molar refractivity (Wildman–Crippen MR) is 73.2 cm³/mol. The topological polar surface area (TPSA) is 49.8 Å². The summed E-state index contributed by atoms with van der Waals surface area (Å²) in [5.74, 6) is 0.110. The molecule has 1 aliphatic rings. The fourth-order valence-electron chi connectivity index (χ4n) is 2.38. The van der Waals surface area contributed by atoms with E-state index in [9.17, 15) is 4.79 Å². The van der Waals surface area contributed by atoms with Crippen LogP contribution in [0.4, 0.5) is 0 Å². The van der Waals surface area contributed by atoms with E-state index in [0.29, 0.717) is 18.8 Å². The fraction of sp³-hybridized carbons (Fsp3) is 0.533. The van der Waals surface area contributed by atoms with Crippen LogP contribution in [0.1, 0.15) is 29.8 Å². The zero-order chi connectivity index (χ0) is 13.9. The van der Waals surface area contributed by atoms with Gasteiger partial charge in [0.15, 0.2) is 5.78 Å². The van der Waals surface area contributed by atoms with Crippen LogP contribution in [-0.2, 0) is 11.3 Å². The van der Waals surface area contributed by atoms with E-state index in [2.05, 4.69) is 4.90 Å². The van der Waals surface area contributed by atoms with Gasteiger partial charge in [-0.25, -0.2) is 0 Å². The summed E-state index contributed by atoms with van der Waals surface area (Å²) in [6, 6.07) is 7.16. The summed E-state index contributed by atoms with van der Waals surface area (Å²) in [6.45, 7) is 6.85. The first kappa shape index (κ1) is 14.2. The van der Waals surface area contributed by atoms with Crippen LogP contribution in [0, 0.1) is 0 Å². The molecule has 104 valence electrons. The lowest BCUT2D eigenvalue weighted by molar-refractivity contribution is -0.00430. The highest BCUT2D eigenvalue weighted by molar-refractivity contribution is 6.02. The molecule has 19 heavy (non-hydrogen) atoms. The van der Waals surface area contributed by atoms with E-state index in [1.54, 1.807) is 24.3 Å². The van der Waals surface area contributed by atoms with Crippen molar-refractivity contribution in [1.29, 1.82) is 0 Å². The van der Waals surface area contributed by atoms with Crippen LogP contribution in [0.3, 0.4) is 0 Å². The number of carbonyl (C=O) groups is 1. The third-order valence-corrected chi connectivity index (χ3v) is 3.76. The lowest BCUT2D eigenvalue weighted by Gasteiger charge is -2.39. The fourth-order valence-corrected chi connectivity index (χ4v) is 2.38. The van der Waals surface area contributed by atoms with Gasteiger partial charge in [0.25, 0.3) is 0 Å². The molecule has 0 spiro atoms. The molecule has 0 radical (unpaired) electrons. The average molecular weight is 263 g/mol. The number of hydrogen-bond acceptors (Lipinski definition) is 4. The number of nitrogens with zero attached hydrogens (tertiary/aromatic N) is 1. The Balaban J connectivity index is 2.15. The molecule has 0 amide bonds. The van der Waals surface area contributed by atoms with Crippen LogP contribution >= 0.6 is 0 Å². The highest BCUT2D eigenvalue weighted by Crippen LogP contribution is 2.22. The van der Waals surface area contributed by atoms with E-state index in [0.717, 1.165) is 18.7 Å². The van der Waals surface area contributed by atoms with Crippen LogP contribution in [-0.4, -0.2) is 47.6 Å². The lowest BCUT2D eigenvalue weighted by Crippen LogP contribution is -2.54. The first-order chi connectivity index (χ1) is 9.05. The van der Waals surface area contributed by atoms with Gasteiger partial charge in [-0.2, -0.15) is 0 Å². The standard InChI is InChI=1S/C15H21NO3/c1-15(2,16-7-9-19-10-8-16)14(18)13-5-3-12(11-17)4-6-13/h3-6,17H,7-11H2,1-2H3. The van der Waals surface area contributed by atoms with Crippen LogP contribution in [0.25, 0.3) is 0 Å². The molecule has 1 heterocycles. The van der Waals surface area contributed by atoms with Crippen molar-refractivity contribution in [2.24, 2.45) is 0 Å². The maximum Gasteiger partial charge on any atom is 0.182 e. The Hall–Kier alpha value is -1.23. The van der Waals surface area contributed by atoms with Gasteiger partial charge >= 0.3 is 0 Å². The second kappa shape index (κ2) is 5.82. The largest absolute Gasteiger partial charge is 0.392 e. The van der Waals surface area contributed by atoms with Gasteiger partial charge in [0.2, 0.25) is 0 Å². The van der Waals surface area contributed by atoms with E-state index in [1.165, 1.54) is 0 Å². The molecule has 4 heteroatoms. The van der Waals surface area contributed by atoms with Gasteiger partial charge in [0.1, 0.15) is 0 Å². The first-order valence-corrected chi connectivity index (χ1v) is 6.63. The molecule has 1 aliphatic heterocycles. The van der Waals surface area contributed by atoms with Gasteiger partial charge in [0.05, 0.1) is 25.4 Å². The molecule has 1 fully saturated rings. The zero-order valence-electron chi connectivity index (χ0n) is 11.6. The zero-order valence-corrected chi connectivity index (χ0v) is 11.6. The summed E-state index contributed by atoms with van der Waals surface area (Å²) in [6.07, 6.45) is 0. The van der Waals surface area contributed by atoms with E-state index in [4.69, 9.17) is 9.84 Å². The maximum absolute atomic E-state index is 12.6. The molecule has 0 aromatic heterocycles. The Morgan fingerprint density at radius 3 is 2.37 bits per heavy atom. The van der Waals surface area contributed by atoms with Gasteiger partial charge in [-0.05, 0) is 19.4 Å². The van der Waals surface area contributed by atoms with Gasteiger partial charge < -0.3 is 9.84 Å². The molecule has 1 aromatic carbocycles. The summed E-state index contributed by atoms with van der Waals surface area (Å²) >= 11 is 0. The van der Waals surface area contributed by atoms with Crippen molar-refractivity contribution >= 4 is 5.78 Å². The molecule has 4 nitrogen and oxygen atoms in total. The molecular weight excluding hydrogens is 242 g/mol. The first-order valence-electron chi connectivity index (χ1n) is 6.63. The highest BCUT2D eigenvalue weighted by Gasteiger charge is 2.35. The average Bonchev–Trinajstić information content (AvgIpc) is 2.47. The monoisotopic (exact) mass is 263 g/mol. The quantitative estimate of drug-likeness (QED) is 0.836. The van der Waals surface area contributed by atoms with Crippen LogP contribution < -0.4 is 0 Å². The third-order valence-electron chi connectivity index (χ3n) is 3.76. The second-order valence-electron chi connectivity index (χ2n) is 5.34. The lowest BCUT2D eigenvalue weighted by atomic mass is 9.90. The van der Waals surface area contributed by atoms with Crippen molar-refractivity contribution in [2.75, 3.05) is 26.3 Å².